The molecule has 154 valence electrons. The van der Waals surface area contributed by atoms with E-state index in [0.717, 1.165) is 5.57 Å². The Kier molecular flexibility index (Phi) is 7.47. The molecule has 4 nitrogen and oxygen atoms in total. The number of carbonyl (C=O) groups is 1. The number of hydrogen-bond acceptors (Lipinski definition) is 3. The minimum atomic E-state index is -2.73. The molecule has 0 bridgehead atoms. The van der Waals surface area contributed by atoms with Crippen LogP contribution in [0.25, 0.3) is 12.2 Å². The van der Waals surface area contributed by atoms with Crippen molar-refractivity contribution in [3.63, 3.8) is 0 Å². The highest BCUT2D eigenvalue weighted by Gasteiger charge is 2.22. The van der Waals surface area contributed by atoms with Crippen LogP contribution in [0.5, 0.6) is 11.5 Å². The zero-order valence-corrected chi connectivity index (χ0v) is 16.0. The van der Waals surface area contributed by atoms with Gasteiger partial charge in [0.2, 0.25) is 0 Å². The number of carboxylic acids is 1. The van der Waals surface area contributed by atoms with Crippen molar-refractivity contribution >= 4 is 18.1 Å². The van der Waals surface area contributed by atoms with E-state index in [1.807, 2.05) is 13.8 Å². The number of aromatic hydroxyl groups is 1. The summed E-state index contributed by atoms with van der Waals surface area (Å²) >= 11 is 0. The predicted octanol–water partition coefficient (Wildman–Crippen LogP) is 5.55. The van der Waals surface area contributed by atoms with Crippen molar-refractivity contribution in [3.8, 4) is 11.5 Å². The third-order valence-corrected chi connectivity index (χ3v) is 4.01. The van der Waals surface area contributed by atoms with Crippen molar-refractivity contribution in [1.29, 1.82) is 0 Å². The first-order valence-electron chi connectivity index (χ1n) is 8.79. The van der Waals surface area contributed by atoms with Gasteiger partial charge in [0.25, 0.3) is 6.43 Å². The second kappa shape index (κ2) is 9.82. The largest absolute Gasteiger partial charge is 0.507 e. The molecule has 7 heteroatoms. The molecule has 2 aromatic rings. The maximum Gasteiger partial charge on any atom is 0.340 e. The molecule has 0 amide bonds. The van der Waals surface area contributed by atoms with Crippen LogP contribution in [0.1, 0.15) is 40.9 Å². The average molecular weight is 406 g/mol. The van der Waals surface area contributed by atoms with E-state index >= 15 is 0 Å². The second-order valence-electron chi connectivity index (χ2n) is 6.54. The van der Waals surface area contributed by atoms with Crippen LogP contribution in [0, 0.1) is 5.82 Å². The van der Waals surface area contributed by atoms with Crippen LogP contribution in [-0.2, 0) is 6.42 Å². The summed E-state index contributed by atoms with van der Waals surface area (Å²) in [6.45, 7) is 2.73. The van der Waals surface area contributed by atoms with Crippen molar-refractivity contribution in [3.05, 3.63) is 70.1 Å². The number of carboxylic acid groups (broad SMARTS) is 1. The molecule has 0 unspecified atom stereocenters. The van der Waals surface area contributed by atoms with Gasteiger partial charge in [0.1, 0.15) is 29.5 Å². The molecule has 0 aliphatic carbocycles. The van der Waals surface area contributed by atoms with E-state index < -0.39 is 30.6 Å². The number of rotatable bonds is 8. The van der Waals surface area contributed by atoms with Gasteiger partial charge in [-0.2, -0.15) is 0 Å². The minimum absolute atomic E-state index is 0.0240. The summed E-state index contributed by atoms with van der Waals surface area (Å²) < 4.78 is 43.4. The maximum absolute atomic E-state index is 13.0. The van der Waals surface area contributed by atoms with Crippen LogP contribution in [-0.4, -0.2) is 29.2 Å². The Morgan fingerprint density at radius 2 is 1.83 bits per heavy atom. The Morgan fingerprint density at radius 1 is 1.17 bits per heavy atom. The number of phenols is 1. The lowest BCUT2D eigenvalue weighted by molar-refractivity contribution is 0.0691. The Balaban J connectivity index is 2.57. The maximum atomic E-state index is 13.0. The molecule has 0 heterocycles. The standard InChI is InChI=1S/C22H21F3O4/c1-13(2)3-10-17-18(29-12-19(24)25)11-15(20(21(17)26)22(27)28)7-4-14-5-8-16(23)9-6-14/h3-9,11,19,26H,10,12H2,1-2H3,(H,27,28). The predicted molar refractivity (Wildman–Crippen MR) is 105 cm³/mol. The van der Waals surface area contributed by atoms with Crippen molar-refractivity contribution in [1.82, 2.24) is 0 Å². The lowest BCUT2D eigenvalue weighted by atomic mass is 9.97. The number of benzene rings is 2. The van der Waals surface area contributed by atoms with Gasteiger partial charge in [0, 0.05) is 5.56 Å². The Hall–Kier alpha value is -3.22. The molecule has 0 saturated heterocycles. The van der Waals surface area contributed by atoms with Crippen LogP contribution in [0.4, 0.5) is 13.2 Å². The molecule has 0 atom stereocenters. The second-order valence-corrected chi connectivity index (χ2v) is 6.54. The molecule has 2 N–H and O–H groups in total. The first kappa shape index (κ1) is 22.1. The lowest BCUT2D eigenvalue weighted by Crippen LogP contribution is -2.10. The summed E-state index contributed by atoms with van der Waals surface area (Å²) in [5.41, 5.74) is 1.31. The highest BCUT2D eigenvalue weighted by atomic mass is 19.3. The molecule has 0 saturated carbocycles. The molecule has 0 aliphatic heterocycles. The zero-order valence-electron chi connectivity index (χ0n) is 16.0. The fraction of sp³-hybridized carbons (Fsp3) is 0.227. The van der Waals surface area contributed by atoms with Gasteiger partial charge in [-0.05, 0) is 49.6 Å². The van der Waals surface area contributed by atoms with Gasteiger partial charge < -0.3 is 14.9 Å². The van der Waals surface area contributed by atoms with Gasteiger partial charge in [0.05, 0.1) is 0 Å². The number of ether oxygens (including phenoxy) is 1. The Bertz CT molecular complexity index is 928. The highest BCUT2D eigenvalue weighted by Crippen LogP contribution is 2.36. The van der Waals surface area contributed by atoms with E-state index in [2.05, 4.69) is 0 Å². The summed E-state index contributed by atoms with van der Waals surface area (Å²) in [6, 6.07) is 6.77. The SMILES string of the molecule is CC(C)=CCc1c(OCC(F)F)cc(C=Cc2ccc(F)cc2)c(C(=O)O)c1O. The van der Waals surface area contributed by atoms with Crippen LogP contribution in [0.15, 0.2) is 42.0 Å². The van der Waals surface area contributed by atoms with Crippen molar-refractivity contribution in [2.75, 3.05) is 6.61 Å². The first-order valence-corrected chi connectivity index (χ1v) is 8.79. The van der Waals surface area contributed by atoms with Gasteiger partial charge in [0.15, 0.2) is 0 Å². The topological polar surface area (TPSA) is 66.8 Å². The van der Waals surface area contributed by atoms with Crippen molar-refractivity contribution in [2.24, 2.45) is 0 Å². The van der Waals surface area contributed by atoms with Crippen LogP contribution >= 0.6 is 0 Å². The molecule has 0 radical (unpaired) electrons. The molecular formula is C22H21F3O4. The van der Waals surface area contributed by atoms with Crippen LogP contribution in [0.2, 0.25) is 0 Å². The minimum Gasteiger partial charge on any atom is -0.507 e. The van der Waals surface area contributed by atoms with Gasteiger partial charge in [-0.1, -0.05) is 35.9 Å². The molecule has 0 aliphatic rings. The number of halogens is 3. The Morgan fingerprint density at radius 3 is 2.38 bits per heavy atom. The fourth-order valence-electron chi connectivity index (χ4n) is 2.61. The summed E-state index contributed by atoms with van der Waals surface area (Å²) in [7, 11) is 0. The fourth-order valence-corrected chi connectivity index (χ4v) is 2.61. The summed E-state index contributed by atoms with van der Waals surface area (Å²) in [4.78, 5) is 11.7. The van der Waals surface area contributed by atoms with E-state index in [-0.39, 0.29) is 28.9 Å². The average Bonchev–Trinajstić information content (AvgIpc) is 2.64. The van der Waals surface area contributed by atoms with E-state index in [1.165, 1.54) is 42.5 Å². The van der Waals surface area contributed by atoms with Gasteiger partial charge in [-0.15, -0.1) is 0 Å². The van der Waals surface area contributed by atoms with E-state index in [9.17, 15) is 28.2 Å². The third kappa shape index (κ3) is 6.14. The van der Waals surface area contributed by atoms with Gasteiger partial charge in [-0.25, -0.2) is 18.0 Å². The summed E-state index contributed by atoms with van der Waals surface area (Å²) in [5.74, 6) is -2.36. The normalized spacial score (nSPS) is 11.1. The lowest BCUT2D eigenvalue weighted by Gasteiger charge is -2.16. The first-order chi connectivity index (χ1) is 13.7. The molecule has 2 rings (SSSR count). The van der Waals surface area contributed by atoms with E-state index in [4.69, 9.17) is 4.74 Å². The third-order valence-electron chi connectivity index (χ3n) is 4.01. The molecule has 0 spiro atoms. The smallest absolute Gasteiger partial charge is 0.340 e. The number of allylic oxidation sites excluding steroid dienone is 2. The number of hydrogen-bond donors (Lipinski definition) is 2. The monoisotopic (exact) mass is 406 g/mol. The molecule has 0 aromatic heterocycles. The van der Waals surface area contributed by atoms with E-state index in [1.54, 1.807) is 6.08 Å². The molecular weight excluding hydrogens is 385 g/mol. The Labute approximate surface area is 166 Å². The molecule has 2 aromatic carbocycles. The van der Waals surface area contributed by atoms with Crippen molar-refractivity contribution < 1.29 is 32.9 Å². The van der Waals surface area contributed by atoms with Crippen LogP contribution in [0.3, 0.4) is 0 Å². The zero-order chi connectivity index (χ0) is 21.6. The molecule has 29 heavy (non-hydrogen) atoms. The number of aromatic carboxylic acids is 1. The summed E-state index contributed by atoms with van der Waals surface area (Å²) in [6.07, 6.45) is 2.04. The molecule has 0 fully saturated rings. The van der Waals surface area contributed by atoms with Crippen LogP contribution < -0.4 is 4.74 Å². The highest BCUT2D eigenvalue weighted by molar-refractivity contribution is 5.97. The van der Waals surface area contributed by atoms with Gasteiger partial charge in [-0.3, -0.25) is 0 Å². The van der Waals surface area contributed by atoms with Crippen molar-refractivity contribution in [2.45, 2.75) is 26.7 Å². The van der Waals surface area contributed by atoms with E-state index in [0.29, 0.717) is 5.56 Å². The summed E-state index contributed by atoms with van der Waals surface area (Å²) in [5, 5.41) is 20.1. The van der Waals surface area contributed by atoms with Gasteiger partial charge >= 0.3 is 5.97 Å². The number of alkyl halides is 2. The quantitative estimate of drug-likeness (QED) is 0.445.